The van der Waals surface area contributed by atoms with Crippen LogP contribution in [0.5, 0.6) is 0 Å². The highest BCUT2D eigenvalue weighted by atomic mass is 19.1. The Bertz CT molecular complexity index is 1830. The average Bonchev–Trinajstić information content (AvgIpc) is 3.06. The van der Waals surface area contributed by atoms with Crippen molar-refractivity contribution in [3.05, 3.63) is 115 Å². The van der Waals surface area contributed by atoms with Crippen molar-refractivity contribution in [1.82, 2.24) is 0 Å². The molecule has 0 saturated heterocycles. The number of nitrogens with two attached hydrogens (primary N) is 1. The van der Waals surface area contributed by atoms with E-state index in [0.29, 0.717) is 51.1 Å². The van der Waals surface area contributed by atoms with Crippen molar-refractivity contribution in [3.8, 4) is 22.3 Å². The second kappa shape index (κ2) is 17.8. The van der Waals surface area contributed by atoms with E-state index in [9.17, 15) is 27.2 Å². The van der Waals surface area contributed by atoms with Crippen LogP contribution >= 0.6 is 0 Å². The fourth-order valence-corrected chi connectivity index (χ4v) is 6.81. The summed E-state index contributed by atoms with van der Waals surface area (Å²) in [4.78, 5) is 23.5. The Hall–Kier alpha value is -4.50. The maximum absolute atomic E-state index is 14.7. The fraction of sp³-hybridized carbons (Fsp3) is 0.395. The van der Waals surface area contributed by atoms with E-state index in [1.165, 1.54) is 0 Å². The minimum absolute atomic E-state index is 0.105. The summed E-state index contributed by atoms with van der Waals surface area (Å²) in [6.07, 6.45) is -0.0121. The Morgan fingerprint density at radius 3 is 1.35 bits per heavy atom. The number of hydrogen-bond donors (Lipinski definition) is 1. The monoisotopic (exact) mass is 721 g/mol. The fourth-order valence-electron chi connectivity index (χ4n) is 6.81. The Kier molecular flexibility index (Phi) is 14.4. The molecule has 52 heavy (non-hydrogen) atoms. The number of hydrogen-bond acceptors (Lipinski definition) is 5. The molecule has 0 aliphatic carbocycles. The Morgan fingerprint density at radius 1 is 0.558 bits per heavy atom. The molecule has 0 bridgehead atoms. The van der Waals surface area contributed by atoms with Gasteiger partial charge < -0.3 is 15.2 Å². The molecule has 0 radical (unpaired) electrons. The van der Waals surface area contributed by atoms with Crippen molar-refractivity contribution in [2.75, 3.05) is 13.2 Å². The van der Waals surface area contributed by atoms with E-state index in [1.807, 2.05) is 13.8 Å². The largest absolute Gasteiger partial charge is 0.466 e. The molecule has 0 aliphatic rings. The van der Waals surface area contributed by atoms with Crippen molar-refractivity contribution in [1.29, 1.82) is 0 Å². The van der Waals surface area contributed by atoms with E-state index in [2.05, 4.69) is 0 Å². The molecule has 0 spiro atoms. The van der Waals surface area contributed by atoms with Crippen LogP contribution in [0.4, 0.5) is 17.6 Å². The van der Waals surface area contributed by atoms with Gasteiger partial charge in [0.05, 0.1) is 26.1 Å². The van der Waals surface area contributed by atoms with Gasteiger partial charge in [0.25, 0.3) is 0 Å². The topological polar surface area (TPSA) is 78.6 Å². The summed E-state index contributed by atoms with van der Waals surface area (Å²) in [5, 5.41) is 0. The van der Waals surface area contributed by atoms with Crippen LogP contribution in [-0.2, 0) is 19.1 Å². The maximum atomic E-state index is 14.7. The summed E-state index contributed by atoms with van der Waals surface area (Å²) in [7, 11) is 0. The SMILES string of the molecule is CCOC(=O)C[C@H](C)c1cc(-c2c(C)cc(C)c(F)c2C)cc(C)c1F.CCOC(=O)C[C@H](N)c1cc(-c2c(C)cc(C)c(F)c2C)cc(C)c1F. The zero-order valence-electron chi connectivity index (χ0n) is 32.2. The van der Waals surface area contributed by atoms with Crippen molar-refractivity contribution >= 4 is 11.9 Å². The van der Waals surface area contributed by atoms with Gasteiger partial charge in [-0.25, -0.2) is 17.6 Å². The normalized spacial score (nSPS) is 12.2. The predicted octanol–water partition coefficient (Wildman–Crippen LogP) is 10.7. The van der Waals surface area contributed by atoms with E-state index in [-0.39, 0.29) is 54.4 Å². The van der Waals surface area contributed by atoms with Crippen LogP contribution < -0.4 is 5.73 Å². The minimum Gasteiger partial charge on any atom is -0.466 e. The highest BCUT2D eigenvalue weighted by molar-refractivity contribution is 5.75. The number of ether oxygens (including phenoxy) is 2. The quantitative estimate of drug-likeness (QED) is 0.130. The highest BCUT2D eigenvalue weighted by Crippen LogP contribution is 2.36. The molecule has 0 amide bonds. The highest BCUT2D eigenvalue weighted by Gasteiger charge is 2.23. The minimum atomic E-state index is -0.830. The number of carbonyl (C=O) groups excluding carboxylic acids is 2. The molecule has 0 aliphatic heterocycles. The molecule has 5 nitrogen and oxygen atoms in total. The third kappa shape index (κ3) is 9.48. The average molecular weight is 722 g/mol. The number of esters is 2. The van der Waals surface area contributed by atoms with E-state index < -0.39 is 17.8 Å². The van der Waals surface area contributed by atoms with Gasteiger partial charge in [-0.2, -0.15) is 0 Å². The van der Waals surface area contributed by atoms with E-state index in [0.717, 1.165) is 27.8 Å². The lowest BCUT2D eigenvalue weighted by Crippen LogP contribution is -2.19. The first-order valence-corrected chi connectivity index (χ1v) is 17.5. The molecular formula is C43H51F4NO4. The zero-order chi connectivity index (χ0) is 39.2. The Balaban J connectivity index is 0.000000280. The first-order chi connectivity index (χ1) is 24.3. The van der Waals surface area contributed by atoms with Crippen LogP contribution in [0.25, 0.3) is 22.3 Å². The second-order valence-electron chi connectivity index (χ2n) is 13.6. The standard InChI is InChI=1S/C22H26F2O2.C21H25F2NO2/c1-7-26-19(25)10-12(2)18-11-17(9-15(5)22(18)24)20-13(3)8-14(4)21(23)16(20)6;1-6-26-18(25)10-17(24)16-9-15(8-13(4)21(16)23)19-11(2)7-12(3)20(22)14(19)5/h8-9,11-12H,7,10H2,1-6H3;7-9,17H,6,10,24H2,1-5H3/t12-;17-/m00/s1. The third-order valence-electron chi connectivity index (χ3n) is 9.30. The number of rotatable bonds is 10. The van der Waals surface area contributed by atoms with Gasteiger partial charge in [-0.15, -0.1) is 0 Å². The first kappa shape index (κ1) is 41.9. The lowest BCUT2D eigenvalue weighted by molar-refractivity contribution is -0.144. The lowest BCUT2D eigenvalue weighted by atomic mass is 9.88. The Morgan fingerprint density at radius 2 is 0.923 bits per heavy atom. The van der Waals surface area contributed by atoms with Crippen molar-refractivity contribution in [2.45, 2.75) is 101 Å². The summed E-state index contributed by atoms with van der Waals surface area (Å²) >= 11 is 0. The molecule has 4 aromatic carbocycles. The smallest absolute Gasteiger partial charge is 0.307 e. The van der Waals surface area contributed by atoms with Crippen LogP contribution in [0.1, 0.15) is 101 Å². The molecule has 4 rings (SSSR count). The van der Waals surface area contributed by atoms with Gasteiger partial charge in [-0.05, 0) is 172 Å². The third-order valence-corrected chi connectivity index (χ3v) is 9.30. The first-order valence-electron chi connectivity index (χ1n) is 17.5. The van der Waals surface area contributed by atoms with Crippen LogP contribution in [-0.4, -0.2) is 25.2 Å². The second-order valence-corrected chi connectivity index (χ2v) is 13.6. The van der Waals surface area contributed by atoms with Crippen LogP contribution in [0.3, 0.4) is 0 Å². The van der Waals surface area contributed by atoms with Crippen LogP contribution in [0, 0.1) is 78.7 Å². The molecule has 0 saturated carbocycles. The zero-order valence-corrected chi connectivity index (χ0v) is 32.2. The van der Waals surface area contributed by atoms with Gasteiger partial charge in [0.1, 0.15) is 23.3 Å². The number of carbonyl (C=O) groups is 2. The molecule has 9 heteroatoms. The van der Waals surface area contributed by atoms with E-state index in [4.69, 9.17) is 15.2 Å². The number of aryl methyl sites for hydroxylation is 6. The summed E-state index contributed by atoms with van der Waals surface area (Å²) in [5.41, 5.74) is 14.6. The van der Waals surface area contributed by atoms with E-state index in [1.54, 1.807) is 98.7 Å². The van der Waals surface area contributed by atoms with Gasteiger partial charge in [-0.1, -0.05) is 19.1 Å². The molecule has 0 fully saturated rings. The molecule has 0 heterocycles. The van der Waals surface area contributed by atoms with Gasteiger partial charge in [0.15, 0.2) is 0 Å². The molecule has 0 aromatic heterocycles. The van der Waals surface area contributed by atoms with Crippen LogP contribution in [0.2, 0.25) is 0 Å². The van der Waals surface area contributed by atoms with Crippen molar-refractivity contribution in [3.63, 3.8) is 0 Å². The van der Waals surface area contributed by atoms with Gasteiger partial charge in [0.2, 0.25) is 0 Å². The van der Waals surface area contributed by atoms with Gasteiger partial charge >= 0.3 is 11.9 Å². The molecule has 280 valence electrons. The maximum Gasteiger partial charge on any atom is 0.307 e. The molecule has 0 unspecified atom stereocenters. The molecule has 4 aromatic rings. The lowest BCUT2D eigenvalue weighted by Gasteiger charge is -2.18. The van der Waals surface area contributed by atoms with Crippen LogP contribution in [0.15, 0.2) is 36.4 Å². The van der Waals surface area contributed by atoms with Gasteiger partial charge in [0, 0.05) is 11.6 Å². The van der Waals surface area contributed by atoms with Crippen molar-refractivity contribution in [2.24, 2.45) is 5.73 Å². The summed E-state index contributed by atoms with van der Waals surface area (Å²) in [6, 6.07) is 9.50. The predicted molar refractivity (Wildman–Crippen MR) is 199 cm³/mol. The number of halogens is 4. The van der Waals surface area contributed by atoms with Crippen molar-refractivity contribution < 1.29 is 36.6 Å². The summed E-state index contributed by atoms with van der Waals surface area (Å²) < 4.78 is 68.0. The van der Waals surface area contributed by atoms with E-state index >= 15 is 0 Å². The molecule has 2 N–H and O–H groups in total. The summed E-state index contributed by atoms with van der Waals surface area (Å²) in [6.45, 7) is 19.8. The Labute approximate surface area is 305 Å². The molecular weight excluding hydrogens is 670 g/mol. The number of benzene rings is 4. The van der Waals surface area contributed by atoms with Gasteiger partial charge in [-0.3, -0.25) is 9.59 Å². The molecule has 2 atom stereocenters. The summed E-state index contributed by atoms with van der Waals surface area (Å²) in [5.74, 6) is -2.45.